The van der Waals surface area contributed by atoms with Crippen LogP contribution in [0.15, 0.2) is 29.2 Å². The van der Waals surface area contributed by atoms with Crippen molar-refractivity contribution >= 4 is 40.0 Å². The minimum Gasteiger partial charge on any atom is -0.497 e. The lowest BCUT2D eigenvalue weighted by Crippen LogP contribution is -2.30. The van der Waals surface area contributed by atoms with Gasteiger partial charge in [-0.15, -0.1) is 23.1 Å². The lowest BCUT2D eigenvalue weighted by molar-refractivity contribution is -0.113. The summed E-state index contributed by atoms with van der Waals surface area (Å²) in [6, 6.07) is 7.56. The molecule has 1 amide bonds. The number of nitrogens with one attached hydrogen (secondary N) is 1. The van der Waals surface area contributed by atoms with Gasteiger partial charge in [0.25, 0.3) is 0 Å². The molecule has 0 aliphatic carbocycles. The molecule has 3 rings (SSSR count). The normalized spacial score (nSPS) is 13.7. The number of likely N-dealkylation sites (N-methyl/N-ethyl adjacent to an activating group) is 1. The molecule has 1 aliphatic heterocycles. The Hall–Kier alpha value is -2.03. The van der Waals surface area contributed by atoms with E-state index >= 15 is 0 Å². The van der Waals surface area contributed by atoms with Crippen LogP contribution in [0.2, 0.25) is 0 Å². The van der Waals surface area contributed by atoms with Crippen molar-refractivity contribution in [1.29, 1.82) is 0 Å². The van der Waals surface area contributed by atoms with E-state index in [1.807, 2.05) is 24.3 Å². The average Bonchev–Trinajstić information content (AvgIpc) is 3.08. The monoisotopic (exact) mass is 420 g/mol. The Balaban J connectivity index is 1.70. The number of methoxy groups -OCH3 is 2. The Kier molecular flexibility index (Phi) is 6.98. The topological polar surface area (TPSA) is 67.9 Å². The number of rotatable bonds is 7. The summed E-state index contributed by atoms with van der Waals surface area (Å²) in [5, 5.41) is 3.52. The van der Waals surface area contributed by atoms with Crippen molar-refractivity contribution in [2.24, 2.45) is 0 Å². The van der Waals surface area contributed by atoms with Crippen molar-refractivity contribution in [1.82, 2.24) is 4.90 Å². The lowest BCUT2D eigenvalue weighted by atomic mass is 10.0. The molecule has 0 saturated carbocycles. The number of thiophene rings is 1. The summed E-state index contributed by atoms with van der Waals surface area (Å²) < 4.78 is 10.1. The number of esters is 1. The standard InChI is InChI=1S/C20H24N2O4S2/c1-4-22-10-9-15-16(11-22)28-19(18(15)20(24)26-3)21-17(23)12-27-14-7-5-13(25-2)6-8-14/h5-8H,4,9-12H2,1-3H3,(H,21,23). The fraction of sp³-hybridized carbons (Fsp3) is 0.400. The number of benzene rings is 1. The fourth-order valence-electron chi connectivity index (χ4n) is 3.12. The van der Waals surface area contributed by atoms with Gasteiger partial charge in [-0.25, -0.2) is 4.79 Å². The largest absolute Gasteiger partial charge is 0.497 e. The number of carbonyl (C=O) groups is 2. The Morgan fingerprint density at radius 1 is 1.25 bits per heavy atom. The summed E-state index contributed by atoms with van der Waals surface area (Å²) in [5.74, 6) is 0.510. The molecule has 0 spiro atoms. The van der Waals surface area contributed by atoms with Crippen molar-refractivity contribution < 1.29 is 19.1 Å². The molecule has 1 N–H and O–H groups in total. The van der Waals surface area contributed by atoms with E-state index < -0.39 is 0 Å². The molecule has 0 fully saturated rings. The first kappa shape index (κ1) is 20.7. The third kappa shape index (κ3) is 4.68. The van der Waals surface area contributed by atoms with Gasteiger partial charge < -0.3 is 14.8 Å². The van der Waals surface area contributed by atoms with Crippen LogP contribution in [0.4, 0.5) is 5.00 Å². The maximum absolute atomic E-state index is 12.5. The highest BCUT2D eigenvalue weighted by Gasteiger charge is 2.28. The molecule has 0 radical (unpaired) electrons. The van der Waals surface area contributed by atoms with Crippen LogP contribution in [0, 0.1) is 0 Å². The number of amides is 1. The molecular weight excluding hydrogens is 396 g/mol. The molecule has 2 heterocycles. The predicted molar refractivity (Wildman–Crippen MR) is 113 cm³/mol. The van der Waals surface area contributed by atoms with Crippen LogP contribution in [-0.2, 0) is 22.5 Å². The van der Waals surface area contributed by atoms with Crippen LogP contribution in [0.5, 0.6) is 5.75 Å². The van der Waals surface area contributed by atoms with Crippen molar-refractivity contribution in [3.8, 4) is 5.75 Å². The van der Waals surface area contributed by atoms with Crippen molar-refractivity contribution in [3.05, 3.63) is 40.3 Å². The molecule has 8 heteroatoms. The molecule has 6 nitrogen and oxygen atoms in total. The number of nitrogens with zero attached hydrogens (tertiary/aromatic N) is 1. The average molecular weight is 421 g/mol. The van der Waals surface area contributed by atoms with Crippen LogP contribution in [0.3, 0.4) is 0 Å². The number of hydrogen-bond donors (Lipinski definition) is 1. The van der Waals surface area contributed by atoms with Gasteiger partial charge in [-0.05, 0) is 42.8 Å². The highest BCUT2D eigenvalue weighted by atomic mass is 32.2. The van der Waals surface area contributed by atoms with Gasteiger partial charge in [-0.2, -0.15) is 0 Å². The second-order valence-corrected chi connectivity index (χ2v) is 8.48. The first-order valence-electron chi connectivity index (χ1n) is 9.07. The molecule has 0 unspecified atom stereocenters. The van der Waals surface area contributed by atoms with Crippen LogP contribution in [-0.4, -0.2) is 49.8 Å². The van der Waals surface area contributed by atoms with Gasteiger partial charge >= 0.3 is 5.97 Å². The van der Waals surface area contributed by atoms with Gasteiger partial charge in [0.15, 0.2) is 0 Å². The van der Waals surface area contributed by atoms with Crippen LogP contribution >= 0.6 is 23.1 Å². The summed E-state index contributed by atoms with van der Waals surface area (Å²) >= 11 is 2.92. The number of hydrogen-bond acceptors (Lipinski definition) is 7. The first-order chi connectivity index (χ1) is 13.5. The molecule has 0 atom stereocenters. The van der Waals surface area contributed by atoms with Crippen LogP contribution in [0.25, 0.3) is 0 Å². The summed E-state index contributed by atoms with van der Waals surface area (Å²) in [7, 11) is 2.99. The fourth-order valence-corrected chi connectivity index (χ4v) is 5.11. The maximum atomic E-state index is 12.5. The third-order valence-electron chi connectivity index (χ3n) is 4.65. The molecule has 1 aliphatic rings. The van der Waals surface area contributed by atoms with Gasteiger partial charge in [0.2, 0.25) is 5.91 Å². The van der Waals surface area contributed by atoms with E-state index in [1.165, 1.54) is 30.2 Å². The number of anilines is 1. The van der Waals surface area contributed by atoms with E-state index in [9.17, 15) is 9.59 Å². The van der Waals surface area contributed by atoms with E-state index in [4.69, 9.17) is 9.47 Å². The molecule has 1 aromatic carbocycles. The molecule has 1 aromatic heterocycles. The van der Waals surface area contributed by atoms with E-state index in [2.05, 4.69) is 17.1 Å². The zero-order valence-electron chi connectivity index (χ0n) is 16.2. The summed E-state index contributed by atoms with van der Waals surface area (Å²) in [6.07, 6.45) is 0.792. The first-order valence-corrected chi connectivity index (χ1v) is 10.9. The Morgan fingerprint density at radius 2 is 2.00 bits per heavy atom. The molecule has 0 saturated heterocycles. The van der Waals surface area contributed by atoms with Crippen molar-refractivity contribution in [2.75, 3.05) is 38.4 Å². The smallest absolute Gasteiger partial charge is 0.341 e. The van der Waals surface area contributed by atoms with Crippen LogP contribution in [0.1, 0.15) is 27.7 Å². The molecule has 0 bridgehead atoms. The van der Waals surface area contributed by atoms with E-state index in [-0.39, 0.29) is 17.6 Å². The minimum absolute atomic E-state index is 0.142. The third-order valence-corrected chi connectivity index (χ3v) is 6.80. The number of thioether (sulfide) groups is 1. The molecular formula is C20H24N2O4S2. The van der Waals surface area contributed by atoms with Crippen LogP contribution < -0.4 is 10.1 Å². The Labute approximate surface area is 173 Å². The zero-order valence-corrected chi connectivity index (χ0v) is 17.9. The Morgan fingerprint density at radius 3 is 2.64 bits per heavy atom. The molecule has 2 aromatic rings. The van der Waals surface area contributed by atoms with Crippen molar-refractivity contribution in [3.63, 3.8) is 0 Å². The van der Waals surface area contributed by atoms with Gasteiger partial charge in [0, 0.05) is 22.9 Å². The maximum Gasteiger partial charge on any atom is 0.341 e. The summed E-state index contributed by atoms with van der Waals surface area (Å²) in [5.41, 5.74) is 1.53. The second kappa shape index (κ2) is 9.45. The quantitative estimate of drug-likeness (QED) is 0.545. The molecule has 150 valence electrons. The Bertz CT molecular complexity index is 849. The van der Waals surface area contributed by atoms with Gasteiger partial charge in [-0.3, -0.25) is 9.69 Å². The number of fused-ring (bicyclic) bond motifs is 1. The number of carbonyl (C=O) groups excluding carboxylic acids is 2. The van der Waals surface area contributed by atoms with E-state index in [0.717, 1.165) is 47.1 Å². The van der Waals surface area contributed by atoms with E-state index in [0.29, 0.717) is 10.6 Å². The highest BCUT2D eigenvalue weighted by molar-refractivity contribution is 8.00. The SMILES string of the molecule is CCN1CCc2c(sc(NC(=O)CSc3ccc(OC)cc3)c2C(=O)OC)C1. The summed E-state index contributed by atoms with van der Waals surface area (Å²) in [4.78, 5) is 29.3. The second-order valence-electron chi connectivity index (χ2n) is 6.33. The molecule has 28 heavy (non-hydrogen) atoms. The lowest BCUT2D eigenvalue weighted by Gasteiger charge is -2.25. The predicted octanol–water partition coefficient (Wildman–Crippen LogP) is 3.65. The van der Waals surface area contributed by atoms with Gasteiger partial charge in [0.1, 0.15) is 10.8 Å². The van der Waals surface area contributed by atoms with Gasteiger partial charge in [-0.1, -0.05) is 6.92 Å². The summed E-state index contributed by atoms with van der Waals surface area (Å²) in [6.45, 7) is 4.80. The highest BCUT2D eigenvalue weighted by Crippen LogP contribution is 2.37. The van der Waals surface area contributed by atoms with Crippen molar-refractivity contribution in [2.45, 2.75) is 24.8 Å². The zero-order chi connectivity index (χ0) is 20.1. The van der Waals surface area contributed by atoms with Gasteiger partial charge in [0.05, 0.1) is 25.5 Å². The van der Waals surface area contributed by atoms with E-state index in [1.54, 1.807) is 7.11 Å². The minimum atomic E-state index is -0.388. The number of ether oxygens (including phenoxy) is 2.